The number of hydrogen-bond acceptors (Lipinski definition) is 5. The first-order valence-corrected chi connectivity index (χ1v) is 15.8. The van der Waals surface area contributed by atoms with E-state index in [9.17, 15) is 4.79 Å². The van der Waals surface area contributed by atoms with E-state index in [1.807, 2.05) is 13.8 Å². The molecule has 11 atom stereocenters. The number of rotatable bonds is 4. The molecular weight excluding hydrogens is 476 g/mol. The molecule has 4 aliphatic carbocycles. The summed E-state index contributed by atoms with van der Waals surface area (Å²) in [5.74, 6) is 2.31. The van der Waals surface area contributed by atoms with E-state index in [1.165, 1.54) is 25.7 Å². The van der Waals surface area contributed by atoms with E-state index in [4.69, 9.17) is 18.9 Å². The van der Waals surface area contributed by atoms with Crippen LogP contribution in [-0.2, 0) is 23.7 Å². The van der Waals surface area contributed by atoms with Gasteiger partial charge in [-0.1, -0.05) is 27.7 Å². The smallest absolute Gasteiger partial charge is 0.164 e. The van der Waals surface area contributed by atoms with Gasteiger partial charge in [-0.2, -0.15) is 0 Å². The van der Waals surface area contributed by atoms with Crippen LogP contribution in [0, 0.1) is 46.3 Å². The molecule has 6 rings (SSSR count). The fourth-order valence-corrected chi connectivity index (χ4v) is 11.2. The van der Waals surface area contributed by atoms with Crippen molar-refractivity contribution in [2.24, 2.45) is 46.3 Å². The second-order valence-corrected chi connectivity index (χ2v) is 16.2. The standard InChI is InChI=1S/C33H54O5/c1-19(2)10-13-28-33(9,38-30(5,6)37-28)27-12-11-21-20-16-24(34)23-17-25-26(36-29(3,4)35-25)18-32(23,8)22(20)14-15-31(21,27)7/h19-23,25-28H,10-18H2,1-9H3/t20-,21+,22+,23+,25-,26+,27+,28-,31+,32-,33-/m1/s1. The van der Waals surface area contributed by atoms with Crippen molar-refractivity contribution in [2.75, 3.05) is 0 Å². The largest absolute Gasteiger partial charge is 0.345 e. The summed E-state index contributed by atoms with van der Waals surface area (Å²) in [7, 11) is 0. The van der Waals surface area contributed by atoms with Gasteiger partial charge >= 0.3 is 0 Å². The van der Waals surface area contributed by atoms with Crippen molar-refractivity contribution in [3.05, 3.63) is 0 Å². The van der Waals surface area contributed by atoms with Gasteiger partial charge in [0.05, 0.1) is 23.9 Å². The highest BCUT2D eigenvalue weighted by atomic mass is 16.8. The fraction of sp³-hybridized carbons (Fsp3) is 0.970. The topological polar surface area (TPSA) is 54.0 Å². The molecule has 5 heteroatoms. The predicted octanol–water partition coefficient (Wildman–Crippen LogP) is 7.30. The van der Waals surface area contributed by atoms with Gasteiger partial charge < -0.3 is 18.9 Å². The highest BCUT2D eigenvalue weighted by molar-refractivity contribution is 5.83. The molecule has 5 nitrogen and oxygen atoms in total. The number of fused-ring (bicyclic) bond motifs is 6. The fourth-order valence-electron chi connectivity index (χ4n) is 11.2. The molecule has 2 saturated heterocycles. The van der Waals surface area contributed by atoms with Crippen molar-refractivity contribution >= 4 is 5.78 Å². The van der Waals surface area contributed by atoms with Crippen molar-refractivity contribution in [1.29, 1.82) is 0 Å². The summed E-state index contributed by atoms with van der Waals surface area (Å²) in [6.07, 6.45) is 9.94. The summed E-state index contributed by atoms with van der Waals surface area (Å²) in [5, 5.41) is 0. The Balaban J connectivity index is 1.27. The Kier molecular flexibility index (Phi) is 6.38. The molecule has 0 spiro atoms. The van der Waals surface area contributed by atoms with Gasteiger partial charge in [-0.15, -0.1) is 0 Å². The molecule has 0 bridgehead atoms. The second kappa shape index (κ2) is 8.76. The van der Waals surface area contributed by atoms with Crippen molar-refractivity contribution in [3.63, 3.8) is 0 Å². The SMILES string of the molecule is CC(C)CC[C@H]1OC(C)(C)O[C@]1(C)[C@H]1CC[C@H]2[C@H]3CC(=O)[C@@H]4C[C@H]5OC(C)(C)O[C@H]5C[C@]4(C)[C@H]3CC[C@@]21C. The maximum absolute atomic E-state index is 13.9. The Bertz CT molecular complexity index is 957. The maximum Gasteiger partial charge on any atom is 0.164 e. The molecule has 216 valence electrons. The normalized spacial score (nSPS) is 52.9. The lowest BCUT2D eigenvalue weighted by Gasteiger charge is -2.61. The molecule has 0 aromatic rings. The zero-order valence-electron chi connectivity index (χ0n) is 25.6. The zero-order valence-corrected chi connectivity index (χ0v) is 25.6. The van der Waals surface area contributed by atoms with Crippen LogP contribution in [0.15, 0.2) is 0 Å². The van der Waals surface area contributed by atoms with Crippen molar-refractivity contribution in [2.45, 2.75) is 156 Å². The number of carbonyl (C=O) groups is 1. The van der Waals surface area contributed by atoms with Crippen molar-refractivity contribution in [3.8, 4) is 0 Å². The van der Waals surface area contributed by atoms with Crippen LogP contribution in [-0.4, -0.2) is 41.3 Å². The number of ether oxygens (including phenoxy) is 4. The van der Waals surface area contributed by atoms with E-state index in [0.717, 1.165) is 32.1 Å². The average Bonchev–Trinajstić information content (AvgIpc) is 3.37. The van der Waals surface area contributed by atoms with E-state index in [0.29, 0.717) is 35.4 Å². The summed E-state index contributed by atoms with van der Waals surface area (Å²) >= 11 is 0. The van der Waals surface area contributed by atoms with Crippen LogP contribution in [0.3, 0.4) is 0 Å². The molecule has 6 aliphatic rings. The molecule has 0 N–H and O–H groups in total. The van der Waals surface area contributed by atoms with Gasteiger partial charge in [0.1, 0.15) is 5.78 Å². The Hall–Kier alpha value is -0.490. The molecule has 0 unspecified atom stereocenters. The van der Waals surface area contributed by atoms with E-state index in [1.54, 1.807) is 0 Å². The van der Waals surface area contributed by atoms with Crippen molar-refractivity contribution < 1.29 is 23.7 Å². The van der Waals surface area contributed by atoms with Gasteiger partial charge in [0.25, 0.3) is 0 Å². The minimum absolute atomic E-state index is 0.0169. The summed E-state index contributed by atoms with van der Waals surface area (Å²) < 4.78 is 26.2. The van der Waals surface area contributed by atoms with E-state index in [2.05, 4.69) is 48.5 Å². The lowest BCUT2D eigenvalue weighted by molar-refractivity contribution is -0.188. The third kappa shape index (κ3) is 4.10. The van der Waals surface area contributed by atoms with E-state index >= 15 is 0 Å². The van der Waals surface area contributed by atoms with Gasteiger partial charge in [0.15, 0.2) is 11.6 Å². The quantitative estimate of drug-likeness (QED) is 0.382. The highest BCUT2D eigenvalue weighted by Gasteiger charge is 2.68. The first-order valence-electron chi connectivity index (χ1n) is 15.8. The molecule has 0 aromatic heterocycles. The van der Waals surface area contributed by atoms with E-state index in [-0.39, 0.29) is 40.7 Å². The molecule has 0 aromatic carbocycles. The summed E-state index contributed by atoms with van der Waals surface area (Å²) in [6.45, 7) is 20.2. The zero-order chi connectivity index (χ0) is 27.5. The van der Waals surface area contributed by atoms with Gasteiger partial charge in [-0.25, -0.2) is 0 Å². The van der Waals surface area contributed by atoms with Gasteiger partial charge in [-0.05, 0) is 126 Å². The van der Waals surface area contributed by atoms with Crippen LogP contribution >= 0.6 is 0 Å². The predicted molar refractivity (Wildman–Crippen MR) is 147 cm³/mol. The van der Waals surface area contributed by atoms with Gasteiger partial charge in [-0.3, -0.25) is 4.79 Å². The molecule has 4 saturated carbocycles. The Morgan fingerprint density at radius 3 is 2.24 bits per heavy atom. The molecule has 0 amide bonds. The second-order valence-electron chi connectivity index (χ2n) is 16.2. The van der Waals surface area contributed by atoms with Crippen LogP contribution < -0.4 is 0 Å². The molecule has 6 fully saturated rings. The third-order valence-electron chi connectivity index (χ3n) is 12.5. The van der Waals surface area contributed by atoms with Crippen LogP contribution in [0.4, 0.5) is 0 Å². The molecular formula is C33H54O5. The molecule has 2 aliphatic heterocycles. The van der Waals surface area contributed by atoms with Crippen LogP contribution in [0.1, 0.15) is 120 Å². The Labute approximate surface area is 231 Å². The lowest BCUT2D eigenvalue weighted by Crippen LogP contribution is -2.60. The Morgan fingerprint density at radius 2 is 1.53 bits per heavy atom. The number of hydrogen-bond donors (Lipinski definition) is 0. The summed E-state index contributed by atoms with van der Waals surface area (Å²) in [6, 6.07) is 0. The first-order chi connectivity index (χ1) is 17.6. The van der Waals surface area contributed by atoms with E-state index < -0.39 is 11.6 Å². The van der Waals surface area contributed by atoms with Gasteiger partial charge in [0, 0.05) is 12.3 Å². The maximum atomic E-state index is 13.9. The van der Waals surface area contributed by atoms with Gasteiger partial charge in [0.2, 0.25) is 0 Å². The average molecular weight is 531 g/mol. The lowest BCUT2D eigenvalue weighted by atomic mass is 9.43. The third-order valence-corrected chi connectivity index (χ3v) is 12.5. The first kappa shape index (κ1) is 27.7. The minimum atomic E-state index is -0.542. The molecule has 0 radical (unpaired) electrons. The summed E-state index contributed by atoms with van der Waals surface area (Å²) in [4.78, 5) is 13.9. The number of ketones is 1. The molecule has 38 heavy (non-hydrogen) atoms. The number of carbonyl (C=O) groups excluding carboxylic acids is 1. The molecule has 2 heterocycles. The van der Waals surface area contributed by atoms with Crippen LogP contribution in [0.2, 0.25) is 0 Å². The highest BCUT2D eigenvalue weighted by Crippen LogP contribution is 2.70. The monoisotopic (exact) mass is 530 g/mol. The summed E-state index contributed by atoms with van der Waals surface area (Å²) in [5.41, 5.74) is -0.0764. The number of Topliss-reactive ketones (excluding diaryl/α,β-unsaturated/α-hetero) is 1. The van der Waals surface area contributed by atoms with Crippen LogP contribution in [0.25, 0.3) is 0 Å². The van der Waals surface area contributed by atoms with Crippen molar-refractivity contribution in [1.82, 2.24) is 0 Å². The van der Waals surface area contributed by atoms with Crippen LogP contribution in [0.5, 0.6) is 0 Å². The Morgan fingerprint density at radius 1 is 0.842 bits per heavy atom. The minimum Gasteiger partial charge on any atom is -0.345 e.